The van der Waals surface area contributed by atoms with Crippen LogP contribution in [0.2, 0.25) is 0 Å². The van der Waals surface area contributed by atoms with Gasteiger partial charge in [-0.2, -0.15) is 4.98 Å². The van der Waals surface area contributed by atoms with E-state index in [0.717, 1.165) is 18.2 Å². The van der Waals surface area contributed by atoms with Crippen LogP contribution in [0, 0.1) is 15.9 Å². The zero-order chi connectivity index (χ0) is 23.9. The molecule has 4 aromatic rings. The molecule has 1 heterocycles. The number of aromatic hydroxyl groups is 3. The molecule has 0 spiro atoms. The van der Waals surface area contributed by atoms with Gasteiger partial charge in [0.2, 0.25) is 21.4 Å². The SMILES string of the molecule is O=[N+]([O-])c1c(O)c(O)cc(-c2nc(-c3ccc(F)c(O)c3)no2)c1S(=O)(=O)c1ccccc1. The number of benzene rings is 3. The topological polar surface area (TPSA) is 177 Å². The van der Waals surface area contributed by atoms with Crippen LogP contribution in [0.3, 0.4) is 0 Å². The van der Waals surface area contributed by atoms with E-state index in [1.54, 1.807) is 0 Å². The van der Waals surface area contributed by atoms with Gasteiger partial charge < -0.3 is 19.8 Å². The van der Waals surface area contributed by atoms with Gasteiger partial charge in [-0.3, -0.25) is 10.1 Å². The third-order valence-corrected chi connectivity index (χ3v) is 6.42. The zero-order valence-electron chi connectivity index (χ0n) is 16.2. The summed E-state index contributed by atoms with van der Waals surface area (Å²) in [6.07, 6.45) is 0. The van der Waals surface area contributed by atoms with Crippen molar-refractivity contribution in [1.82, 2.24) is 10.1 Å². The minimum absolute atomic E-state index is 0.0915. The number of phenolic OH excluding ortho intramolecular Hbond substituents is 3. The van der Waals surface area contributed by atoms with Gasteiger partial charge in [-0.1, -0.05) is 23.4 Å². The molecule has 11 nitrogen and oxygen atoms in total. The molecule has 0 atom stereocenters. The van der Waals surface area contributed by atoms with Crippen LogP contribution in [0.4, 0.5) is 10.1 Å². The molecule has 0 amide bonds. The van der Waals surface area contributed by atoms with Gasteiger partial charge in [0, 0.05) is 5.56 Å². The Hall–Kier alpha value is -4.52. The lowest BCUT2D eigenvalue weighted by atomic mass is 10.1. The molecular weight excluding hydrogens is 461 g/mol. The smallest absolute Gasteiger partial charge is 0.334 e. The summed E-state index contributed by atoms with van der Waals surface area (Å²) in [5.41, 5.74) is -1.74. The maximum atomic E-state index is 13.3. The number of phenols is 3. The van der Waals surface area contributed by atoms with Gasteiger partial charge in [-0.15, -0.1) is 0 Å². The van der Waals surface area contributed by atoms with Crippen molar-refractivity contribution < 1.29 is 37.6 Å². The molecule has 0 bridgehead atoms. The molecule has 33 heavy (non-hydrogen) atoms. The molecule has 0 aliphatic rings. The van der Waals surface area contributed by atoms with Gasteiger partial charge in [0.1, 0.15) is 0 Å². The molecule has 0 saturated heterocycles. The molecule has 0 unspecified atom stereocenters. The first kappa shape index (κ1) is 21.7. The lowest BCUT2D eigenvalue weighted by Crippen LogP contribution is -2.08. The van der Waals surface area contributed by atoms with Gasteiger partial charge in [0.05, 0.1) is 15.4 Å². The van der Waals surface area contributed by atoms with Crippen LogP contribution >= 0.6 is 0 Å². The number of hydrogen-bond donors (Lipinski definition) is 3. The van der Waals surface area contributed by atoms with Crippen LogP contribution in [0.25, 0.3) is 22.8 Å². The van der Waals surface area contributed by atoms with Crippen molar-refractivity contribution in [3.63, 3.8) is 0 Å². The Balaban J connectivity index is 1.99. The van der Waals surface area contributed by atoms with E-state index in [2.05, 4.69) is 10.1 Å². The van der Waals surface area contributed by atoms with Gasteiger partial charge in [0.15, 0.2) is 22.2 Å². The van der Waals surface area contributed by atoms with Crippen LogP contribution in [0.1, 0.15) is 0 Å². The van der Waals surface area contributed by atoms with Crippen molar-refractivity contribution >= 4 is 15.5 Å². The molecule has 13 heteroatoms. The Morgan fingerprint density at radius 2 is 1.70 bits per heavy atom. The highest BCUT2D eigenvalue weighted by Crippen LogP contribution is 2.47. The zero-order valence-corrected chi connectivity index (χ0v) is 17.0. The van der Waals surface area contributed by atoms with E-state index in [1.807, 2.05) is 0 Å². The second kappa shape index (κ2) is 7.87. The number of aromatic nitrogens is 2. The molecule has 1 aromatic heterocycles. The van der Waals surface area contributed by atoms with Gasteiger partial charge in [0.25, 0.3) is 5.89 Å². The van der Waals surface area contributed by atoms with Crippen molar-refractivity contribution in [2.45, 2.75) is 9.79 Å². The average molecular weight is 473 g/mol. The monoisotopic (exact) mass is 473 g/mol. The molecule has 0 aliphatic heterocycles. The third-order valence-electron chi connectivity index (χ3n) is 4.57. The van der Waals surface area contributed by atoms with E-state index in [4.69, 9.17) is 4.52 Å². The molecular formula is C20H12FN3O8S. The van der Waals surface area contributed by atoms with E-state index < -0.39 is 59.9 Å². The van der Waals surface area contributed by atoms with Crippen LogP contribution in [0.5, 0.6) is 17.2 Å². The summed E-state index contributed by atoms with van der Waals surface area (Å²) in [5, 5.41) is 45.0. The van der Waals surface area contributed by atoms with Crippen LogP contribution in [0.15, 0.2) is 68.9 Å². The molecule has 3 aromatic carbocycles. The maximum absolute atomic E-state index is 13.3. The Morgan fingerprint density at radius 1 is 1.00 bits per heavy atom. The minimum Gasteiger partial charge on any atom is -0.505 e. The summed E-state index contributed by atoms with van der Waals surface area (Å²) in [4.78, 5) is 13.2. The van der Waals surface area contributed by atoms with Crippen molar-refractivity contribution in [2.24, 2.45) is 0 Å². The summed E-state index contributed by atoms with van der Waals surface area (Å²) in [7, 11) is -4.63. The predicted molar refractivity (Wildman–Crippen MR) is 109 cm³/mol. The van der Waals surface area contributed by atoms with Crippen LogP contribution in [-0.4, -0.2) is 38.8 Å². The first-order valence-corrected chi connectivity index (χ1v) is 10.5. The van der Waals surface area contributed by atoms with Crippen molar-refractivity contribution in [3.8, 4) is 40.1 Å². The molecule has 0 aliphatic carbocycles. The van der Waals surface area contributed by atoms with E-state index >= 15 is 0 Å². The lowest BCUT2D eigenvalue weighted by Gasteiger charge is -2.11. The maximum Gasteiger partial charge on any atom is 0.334 e. The van der Waals surface area contributed by atoms with Crippen molar-refractivity contribution in [3.05, 3.63) is 70.5 Å². The minimum atomic E-state index is -4.63. The molecule has 4 rings (SSSR count). The fourth-order valence-electron chi connectivity index (χ4n) is 3.05. The number of nitro groups is 1. The lowest BCUT2D eigenvalue weighted by molar-refractivity contribution is -0.388. The quantitative estimate of drug-likeness (QED) is 0.221. The Bertz CT molecular complexity index is 1500. The van der Waals surface area contributed by atoms with Gasteiger partial charge in [-0.25, -0.2) is 12.8 Å². The molecule has 0 saturated carbocycles. The average Bonchev–Trinajstić information content (AvgIpc) is 3.27. The van der Waals surface area contributed by atoms with E-state index in [9.17, 15) is 38.2 Å². The summed E-state index contributed by atoms with van der Waals surface area (Å²) < 4.78 is 45.0. The highest BCUT2D eigenvalue weighted by molar-refractivity contribution is 7.91. The second-order valence-electron chi connectivity index (χ2n) is 6.63. The predicted octanol–water partition coefficient (Wildman–Crippen LogP) is 3.40. The molecule has 3 N–H and O–H groups in total. The first-order valence-electron chi connectivity index (χ1n) is 8.97. The van der Waals surface area contributed by atoms with Crippen molar-refractivity contribution in [2.75, 3.05) is 0 Å². The fraction of sp³-hybridized carbons (Fsp3) is 0. The third kappa shape index (κ3) is 3.70. The van der Waals surface area contributed by atoms with E-state index in [0.29, 0.717) is 0 Å². The summed E-state index contributed by atoms with van der Waals surface area (Å²) >= 11 is 0. The van der Waals surface area contributed by atoms with E-state index in [1.165, 1.54) is 36.4 Å². The molecule has 168 valence electrons. The molecule has 0 radical (unpaired) electrons. The fourth-order valence-corrected chi connectivity index (χ4v) is 4.66. The normalized spacial score (nSPS) is 11.4. The van der Waals surface area contributed by atoms with E-state index in [-0.39, 0.29) is 16.3 Å². The summed E-state index contributed by atoms with van der Waals surface area (Å²) in [5.74, 6) is -4.63. The number of rotatable bonds is 5. The largest absolute Gasteiger partial charge is 0.505 e. The Morgan fingerprint density at radius 3 is 2.33 bits per heavy atom. The highest BCUT2D eigenvalue weighted by atomic mass is 32.2. The highest BCUT2D eigenvalue weighted by Gasteiger charge is 2.38. The number of nitro benzene ring substituents is 1. The van der Waals surface area contributed by atoms with Crippen LogP contribution < -0.4 is 0 Å². The summed E-state index contributed by atoms with van der Waals surface area (Å²) in [6.45, 7) is 0. The van der Waals surface area contributed by atoms with Gasteiger partial charge >= 0.3 is 5.69 Å². The Labute approximate surface area is 184 Å². The number of halogens is 1. The molecule has 0 fully saturated rings. The number of sulfone groups is 1. The first-order chi connectivity index (χ1) is 15.6. The van der Waals surface area contributed by atoms with Gasteiger partial charge in [-0.05, 0) is 36.4 Å². The van der Waals surface area contributed by atoms with Crippen LogP contribution in [-0.2, 0) is 9.84 Å². The standard InChI is InChI=1S/C20H12FN3O8S/c21-13-7-6-10(8-14(13)25)19-22-20(32-23-19)12-9-15(26)17(27)16(24(28)29)18(12)33(30,31)11-4-2-1-3-5-11/h1-9,25-27H. The number of nitrogens with zero attached hydrogens (tertiary/aromatic N) is 3. The second-order valence-corrected chi connectivity index (χ2v) is 8.52. The van der Waals surface area contributed by atoms with Crippen molar-refractivity contribution in [1.29, 1.82) is 0 Å². The summed E-state index contributed by atoms with van der Waals surface area (Å²) in [6, 6.07) is 10.6. The number of hydrogen-bond acceptors (Lipinski definition) is 10. The Kier molecular flexibility index (Phi) is 5.18.